The molecular formula is C9H19N3O3S. The lowest BCUT2D eigenvalue weighted by atomic mass is 10.1. The second kappa shape index (κ2) is 4.68. The van der Waals surface area contributed by atoms with Crippen LogP contribution in [0.2, 0.25) is 0 Å². The maximum Gasteiger partial charge on any atom is 0.281 e. The standard InChI is InChI=1S/C9H19N3O3S/c1-7(2)9(13)10-8-5-12(6-8)16(14,15)11(3)4/h7-8H,5-6H2,1-4H3,(H,10,13). The van der Waals surface area contributed by atoms with Crippen LogP contribution >= 0.6 is 0 Å². The van der Waals surface area contributed by atoms with Crippen LogP contribution in [0.1, 0.15) is 13.8 Å². The summed E-state index contributed by atoms with van der Waals surface area (Å²) in [5.74, 6) is -0.105. The molecule has 6 nitrogen and oxygen atoms in total. The van der Waals surface area contributed by atoms with Gasteiger partial charge in [0, 0.05) is 33.1 Å². The lowest BCUT2D eigenvalue weighted by Crippen LogP contribution is -2.63. The van der Waals surface area contributed by atoms with Gasteiger partial charge >= 0.3 is 0 Å². The average molecular weight is 249 g/mol. The highest BCUT2D eigenvalue weighted by atomic mass is 32.2. The van der Waals surface area contributed by atoms with E-state index in [2.05, 4.69) is 5.32 Å². The van der Waals surface area contributed by atoms with Gasteiger partial charge in [-0.25, -0.2) is 0 Å². The highest BCUT2D eigenvalue weighted by molar-refractivity contribution is 7.86. The van der Waals surface area contributed by atoms with Crippen LogP contribution in [-0.4, -0.2) is 56.2 Å². The maximum atomic E-state index is 11.6. The number of carbonyl (C=O) groups excluding carboxylic acids is 1. The summed E-state index contributed by atoms with van der Waals surface area (Å²) in [5, 5.41) is 2.79. The highest BCUT2D eigenvalue weighted by Gasteiger charge is 2.37. The van der Waals surface area contributed by atoms with E-state index in [-0.39, 0.29) is 17.9 Å². The van der Waals surface area contributed by atoms with Gasteiger partial charge in [-0.1, -0.05) is 13.8 Å². The second-order valence-electron chi connectivity index (χ2n) is 4.47. The number of hydrogen-bond donors (Lipinski definition) is 1. The highest BCUT2D eigenvalue weighted by Crippen LogP contribution is 2.15. The largest absolute Gasteiger partial charge is 0.350 e. The molecule has 1 heterocycles. The summed E-state index contributed by atoms with van der Waals surface area (Å²) in [5.41, 5.74) is 0. The van der Waals surface area contributed by atoms with Gasteiger partial charge in [0.2, 0.25) is 5.91 Å². The van der Waals surface area contributed by atoms with Crippen LogP contribution in [0.3, 0.4) is 0 Å². The van der Waals surface area contributed by atoms with E-state index in [1.54, 1.807) is 0 Å². The van der Waals surface area contributed by atoms with Crippen LogP contribution < -0.4 is 5.32 Å². The number of hydrogen-bond acceptors (Lipinski definition) is 3. The molecular weight excluding hydrogens is 230 g/mol. The maximum absolute atomic E-state index is 11.6. The van der Waals surface area contributed by atoms with Crippen LogP contribution in [0.25, 0.3) is 0 Å². The van der Waals surface area contributed by atoms with Gasteiger partial charge in [-0.05, 0) is 0 Å². The Hall–Kier alpha value is -0.660. The minimum Gasteiger partial charge on any atom is -0.350 e. The molecule has 0 aromatic rings. The number of carbonyl (C=O) groups is 1. The zero-order chi connectivity index (χ0) is 12.5. The van der Waals surface area contributed by atoms with E-state index in [4.69, 9.17) is 0 Å². The van der Waals surface area contributed by atoms with Gasteiger partial charge in [0.15, 0.2) is 0 Å². The molecule has 0 unspecified atom stereocenters. The third-order valence-corrected chi connectivity index (χ3v) is 4.38. The van der Waals surface area contributed by atoms with Gasteiger partial charge in [-0.3, -0.25) is 4.79 Å². The van der Waals surface area contributed by atoms with E-state index in [0.717, 1.165) is 0 Å². The average Bonchev–Trinajstić information content (AvgIpc) is 2.08. The molecule has 1 aliphatic rings. The molecule has 16 heavy (non-hydrogen) atoms. The van der Waals surface area contributed by atoms with Crippen molar-refractivity contribution in [2.24, 2.45) is 5.92 Å². The van der Waals surface area contributed by atoms with Gasteiger partial charge in [0.1, 0.15) is 0 Å². The van der Waals surface area contributed by atoms with Crippen molar-refractivity contribution in [2.75, 3.05) is 27.2 Å². The van der Waals surface area contributed by atoms with Crippen LogP contribution in [0.15, 0.2) is 0 Å². The van der Waals surface area contributed by atoms with Crippen molar-refractivity contribution in [3.63, 3.8) is 0 Å². The first-order chi connectivity index (χ1) is 7.25. The Morgan fingerprint density at radius 2 is 1.88 bits per heavy atom. The van der Waals surface area contributed by atoms with E-state index in [1.165, 1.54) is 22.7 Å². The molecule has 7 heteroatoms. The number of nitrogens with zero attached hydrogens (tertiary/aromatic N) is 2. The predicted molar refractivity (Wildman–Crippen MR) is 60.9 cm³/mol. The van der Waals surface area contributed by atoms with Gasteiger partial charge in [-0.15, -0.1) is 0 Å². The fourth-order valence-corrected chi connectivity index (χ4v) is 2.52. The van der Waals surface area contributed by atoms with Crippen molar-refractivity contribution in [3.8, 4) is 0 Å². The normalized spacial score (nSPS) is 18.9. The van der Waals surface area contributed by atoms with Crippen molar-refractivity contribution < 1.29 is 13.2 Å². The Balaban J connectivity index is 2.42. The Morgan fingerprint density at radius 1 is 1.38 bits per heavy atom. The molecule has 1 saturated heterocycles. The van der Waals surface area contributed by atoms with Crippen molar-refractivity contribution >= 4 is 16.1 Å². The van der Waals surface area contributed by atoms with Crippen LogP contribution in [-0.2, 0) is 15.0 Å². The molecule has 0 aromatic heterocycles. The van der Waals surface area contributed by atoms with Gasteiger partial charge in [0.05, 0.1) is 6.04 Å². The molecule has 1 aliphatic heterocycles. The molecule has 0 atom stereocenters. The summed E-state index contributed by atoms with van der Waals surface area (Å²) in [6.45, 7) is 4.34. The van der Waals surface area contributed by atoms with E-state index < -0.39 is 10.2 Å². The summed E-state index contributed by atoms with van der Waals surface area (Å²) in [6, 6.07) is -0.0513. The summed E-state index contributed by atoms with van der Waals surface area (Å²) < 4.78 is 25.8. The monoisotopic (exact) mass is 249 g/mol. The topological polar surface area (TPSA) is 69.7 Å². The van der Waals surface area contributed by atoms with Crippen molar-refractivity contribution in [2.45, 2.75) is 19.9 Å². The molecule has 94 valence electrons. The molecule has 0 saturated carbocycles. The third kappa shape index (κ3) is 2.72. The van der Waals surface area contributed by atoms with Crippen LogP contribution in [0.4, 0.5) is 0 Å². The van der Waals surface area contributed by atoms with E-state index in [9.17, 15) is 13.2 Å². The van der Waals surface area contributed by atoms with Crippen molar-refractivity contribution in [1.29, 1.82) is 0 Å². The van der Waals surface area contributed by atoms with Gasteiger partial charge < -0.3 is 5.32 Å². The SMILES string of the molecule is CC(C)C(=O)NC1CN(S(=O)(=O)N(C)C)C1. The molecule has 0 bridgehead atoms. The fraction of sp³-hybridized carbons (Fsp3) is 0.889. The summed E-state index contributed by atoms with van der Waals surface area (Å²) in [6.07, 6.45) is 0. The molecule has 0 aromatic carbocycles. The van der Waals surface area contributed by atoms with Crippen molar-refractivity contribution in [1.82, 2.24) is 13.9 Å². The second-order valence-corrected chi connectivity index (χ2v) is 6.61. The fourth-order valence-electron chi connectivity index (χ4n) is 1.32. The lowest BCUT2D eigenvalue weighted by Gasteiger charge is -2.39. The number of nitrogens with one attached hydrogen (secondary N) is 1. The third-order valence-electron chi connectivity index (χ3n) is 2.51. The summed E-state index contributed by atoms with van der Waals surface area (Å²) in [7, 11) is -0.323. The van der Waals surface area contributed by atoms with Crippen LogP contribution in [0.5, 0.6) is 0 Å². The first-order valence-electron chi connectivity index (χ1n) is 5.23. The van der Waals surface area contributed by atoms with Crippen molar-refractivity contribution in [3.05, 3.63) is 0 Å². The lowest BCUT2D eigenvalue weighted by molar-refractivity contribution is -0.125. The molecule has 0 spiro atoms. The van der Waals surface area contributed by atoms with E-state index in [0.29, 0.717) is 13.1 Å². The van der Waals surface area contributed by atoms with Crippen LogP contribution in [0, 0.1) is 5.92 Å². The Bertz CT molecular complexity index is 358. The summed E-state index contributed by atoms with van der Waals surface area (Å²) >= 11 is 0. The van der Waals surface area contributed by atoms with E-state index >= 15 is 0 Å². The molecule has 0 aliphatic carbocycles. The zero-order valence-corrected chi connectivity index (χ0v) is 10.9. The smallest absolute Gasteiger partial charge is 0.281 e. The number of rotatable bonds is 4. The molecule has 0 radical (unpaired) electrons. The molecule has 1 N–H and O–H groups in total. The Labute approximate surface area is 96.8 Å². The molecule has 1 fully saturated rings. The summed E-state index contributed by atoms with van der Waals surface area (Å²) in [4.78, 5) is 11.3. The van der Waals surface area contributed by atoms with E-state index in [1.807, 2.05) is 13.8 Å². The predicted octanol–water partition coefficient (Wildman–Crippen LogP) is -0.751. The zero-order valence-electron chi connectivity index (χ0n) is 10.1. The molecule has 1 rings (SSSR count). The Morgan fingerprint density at radius 3 is 2.25 bits per heavy atom. The number of amides is 1. The molecule has 1 amide bonds. The first kappa shape index (κ1) is 13.4. The minimum absolute atomic E-state index is 0.0353. The van der Waals surface area contributed by atoms with Gasteiger partial charge in [-0.2, -0.15) is 17.0 Å². The Kier molecular flexibility index (Phi) is 3.92. The quantitative estimate of drug-likeness (QED) is 0.712. The minimum atomic E-state index is -3.31. The van der Waals surface area contributed by atoms with Gasteiger partial charge in [0.25, 0.3) is 10.2 Å². The first-order valence-corrected chi connectivity index (χ1v) is 6.62.